The lowest BCUT2D eigenvalue weighted by Gasteiger charge is -2.33. The van der Waals surface area contributed by atoms with Crippen LogP contribution in [0.5, 0.6) is 0 Å². The zero-order chi connectivity index (χ0) is 17.1. The van der Waals surface area contributed by atoms with E-state index in [9.17, 15) is 4.79 Å². The Morgan fingerprint density at radius 2 is 2.29 bits per heavy atom. The summed E-state index contributed by atoms with van der Waals surface area (Å²) in [5, 5.41) is 4.72. The molecule has 1 atom stereocenters. The molecule has 0 aromatic carbocycles. The van der Waals surface area contributed by atoms with Crippen LogP contribution >= 0.6 is 11.6 Å². The molecule has 24 heavy (non-hydrogen) atoms. The highest BCUT2D eigenvalue weighted by atomic mass is 35.5. The predicted molar refractivity (Wildman–Crippen MR) is 93.0 cm³/mol. The van der Waals surface area contributed by atoms with Gasteiger partial charge in [-0.3, -0.25) is 9.48 Å². The highest BCUT2D eigenvalue weighted by Crippen LogP contribution is 2.27. The average Bonchev–Trinajstić information content (AvgIpc) is 3.21. The Kier molecular flexibility index (Phi) is 5.23. The van der Waals surface area contributed by atoms with Crippen molar-refractivity contribution in [1.82, 2.24) is 24.2 Å². The van der Waals surface area contributed by atoms with Crippen molar-refractivity contribution in [3.8, 4) is 0 Å². The van der Waals surface area contributed by atoms with Gasteiger partial charge >= 0.3 is 0 Å². The maximum Gasteiger partial charge on any atom is 0.224 e. The van der Waals surface area contributed by atoms with Gasteiger partial charge in [0.1, 0.15) is 5.82 Å². The summed E-state index contributed by atoms with van der Waals surface area (Å²) in [6.45, 7) is 6.46. The molecule has 1 saturated heterocycles. The number of carbonyl (C=O) groups is 1. The minimum atomic E-state index is 0.175. The molecule has 1 aliphatic rings. The van der Waals surface area contributed by atoms with Crippen molar-refractivity contribution in [2.75, 3.05) is 13.1 Å². The van der Waals surface area contributed by atoms with Gasteiger partial charge in [-0.15, -0.1) is 0 Å². The second-order valence-corrected chi connectivity index (χ2v) is 7.07. The molecule has 1 aliphatic heterocycles. The first-order chi connectivity index (χ1) is 11.5. The van der Waals surface area contributed by atoms with Gasteiger partial charge in [-0.25, -0.2) is 4.98 Å². The van der Waals surface area contributed by atoms with Gasteiger partial charge in [-0.2, -0.15) is 5.10 Å². The van der Waals surface area contributed by atoms with E-state index >= 15 is 0 Å². The standard InChI is InChI=1S/C17H24ClN5O/c1-13(2)23-9-6-19-17(23)14-4-3-7-21(11-14)16(24)5-8-22-12-15(18)10-20-22/h6,9-10,12-14H,3-5,7-8,11H2,1-2H3/t14-/m0/s1. The van der Waals surface area contributed by atoms with Crippen LogP contribution in [0.1, 0.15) is 50.9 Å². The summed E-state index contributed by atoms with van der Waals surface area (Å²) in [7, 11) is 0. The van der Waals surface area contributed by atoms with Crippen molar-refractivity contribution in [3.63, 3.8) is 0 Å². The van der Waals surface area contributed by atoms with Crippen LogP contribution < -0.4 is 0 Å². The van der Waals surface area contributed by atoms with Crippen LogP contribution in [0, 0.1) is 0 Å². The van der Waals surface area contributed by atoms with Gasteiger partial charge in [0.15, 0.2) is 0 Å². The number of amides is 1. The van der Waals surface area contributed by atoms with E-state index in [4.69, 9.17) is 11.6 Å². The van der Waals surface area contributed by atoms with Gasteiger partial charge < -0.3 is 9.47 Å². The number of carbonyl (C=O) groups excluding carboxylic acids is 1. The van der Waals surface area contributed by atoms with Crippen molar-refractivity contribution in [3.05, 3.63) is 35.6 Å². The number of aromatic nitrogens is 4. The van der Waals surface area contributed by atoms with Crippen LogP contribution in [0.25, 0.3) is 0 Å². The Balaban J connectivity index is 1.60. The number of likely N-dealkylation sites (tertiary alicyclic amines) is 1. The van der Waals surface area contributed by atoms with Crippen LogP contribution in [0.3, 0.4) is 0 Å². The van der Waals surface area contributed by atoms with Gasteiger partial charge in [0.25, 0.3) is 0 Å². The molecule has 6 nitrogen and oxygen atoms in total. The Morgan fingerprint density at radius 1 is 1.46 bits per heavy atom. The van der Waals surface area contributed by atoms with Crippen LogP contribution in [-0.2, 0) is 11.3 Å². The molecule has 0 N–H and O–H groups in total. The summed E-state index contributed by atoms with van der Waals surface area (Å²) in [4.78, 5) is 19.1. The van der Waals surface area contributed by atoms with E-state index in [0.29, 0.717) is 29.9 Å². The average molecular weight is 350 g/mol. The number of imidazole rings is 1. The molecule has 2 aromatic heterocycles. The lowest BCUT2D eigenvalue weighted by atomic mass is 9.96. The lowest BCUT2D eigenvalue weighted by molar-refractivity contribution is -0.132. The summed E-state index contributed by atoms with van der Waals surface area (Å²) in [5.74, 6) is 1.59. The number of rotatable bonds is 5. The normalized spacial score (nSPS) is 18.3. The number of nitrogens with zero attached hydrogens (tertiary/aromatic N) is 5. The molecular weight excluding hydrogens is 326 g/mol. The van der Waals surface area contributed by atoms with Gasteiger partial charge in [-0.1, -0.05) is 11.6 Å². The Morgan fingerprint density at radius 3 is 3.00 bits per heavy atom. The van der Waals surface area contributed by atoms with E-state index in [0.717, 1.165) is 31.8 Å². The summed E-state index contributed by atoms with van der Waals surface area (Å²) < 4.78 is 3.93. The molecule has 3 heterocycles. The van der Waals surface area contributed by atoms with E-state index in [1.165, 1.54) is 0 Å². The molecule has 0 bridgehead atoms. The van der Waals surface area contributed by atoms with E-state index < -0.39 is 0 Å². The smallest absolute Gasteiger partial charge is 0.224 e. The second kappa shape index (κ2) is 7.38. The highest BCUT2D eigenvalue weighted by molar-refractivity contribution is 6.30. The first kappa shape index (κ1) is 17.0. The largest absolute Gasteiger partial charge is 0.342 e. The quantitative estimate of drug-likeness (QED) is 0.833. The van der Waals surface area contributed by atoms with Crippen molar-refractivity contribution >= 4 is 17.5 Å². The fraction of sp³-hybridized carbons (Fsp3) is 0.588. The van der Waals surface area contributed by atoms with Gasteiger partial charge in [0.2, 0.25) is 5.91 Å². The summed E-state index contributed by atoms with van der Waals surface area (Å²) in [6, 6.07) is 0.387. The van der Waals surface area contributed by atoms with Crippen molar-refractivity contribution in [1.29, 1.82) is 0 Å². The van der Waals surface area contributed by atoms with Gasteiger partial charge in [-0.05, 0) is 26.7 Å². The third-order valence-corrected chi connectivity index (χ3v) is 4.75. The molecule has 1 fully saturated rings. The van der Waals surface area contributed by atoms with E-state index in [-0.39, 0.29) is 5.91 Å². The monoisotopic (exact) mass is 349 g/mol. The van der Waals surface area contributed by atoms with Crippen LogP contribution in [0.4, 0.5) is 0 Å². The van der Waals surface area contributed by atoms with Gasteiger partial charge in [0.05, 0.1) is 11.2 Å². The maximum absolute atomic E-state index is 12.5. The topological polar surface area (TPSA) is 56.0 Å². The second-order valence-electron chi connectivity index (χ2n) is 6.64. The molecule has 1 amide bonds. The van der Waals surface area contributed by atoms with Gasteiger partial charge in [0, 0.05) is 56.6 Å². The molecule has 0 saturated carbocycles. The minimum absolute atomic E-state index is 0.175. The fourth-order valence-corrected chi connectivity index (χ4v) is 3.48. The third-order valence-electron chi connectivity index (χ3n) is 4.55. The number of hydrogen-bond donors (Lipinski definition) is 0. The first-order valence-electron chi connectivity index (χ1n) is 8.53. The lowest BCUT2D eigenvalue weighted by Crippen LogP contribution is -2.40. The summed E-state index contributed by atoms with van der Waals surface area (Å²) >= 11 is 5.85. The number of hydrogen-bond acceptors (Lipinski definition) is 3. The molecular formula is C17H24ClN5O. The van der Waals surface area contributed by atoms with E-state index in [1.807, 2.05) is 17.3 Å². The zero-order valence-electron chi connectivity index (χ0n) is 14.2. The molecule has 7 heteroatoms. The number of halogens is 1. The molecule has 0 spiro atoms. The van der Waals surface area contributed by atoms with Crippen molar-refractivity contribution < 1.29 is 4.79 Å². The summed E-state index contributed by atoms with van der Waals surface area (Å²) in [6.07, 6.45) is 9.78. The van der Waals surface area contributed by atoms with E-state index in [1.54, 1.807) is 17.1 Å². The molecule has 130 valence electrons. The number of aryl methyl sites for hydroxylation is 1. The van der Waals surface area contributed by atoms with Crippen LogP contribution in [0.15, 0.2) is 24.8 Å². The Bertz CT molecular complexity index is 693. The van der Waals surface area contributed by atoms with Crippen molar-refractivity contribution in [2.24, 2.45) is 0 Å². The highest BCUT2D eigenvalue weighted by Gasteiger charge is 2.27. The van der Waals surface area contributed by atoms with Crippen LogP contribution in [-0.4, -0.2) is 43.2 Å². The minimum Gasteiger partial charge on any atom is -0.342 e. The van der Waals surface area contributed by atoms with Crippen molar-refractivity contribution in [2.45, 2.75) is 51.6 Å². The summed E-state index contributed by atoms with van der Waals surface area (Å²) in [5.41, 5.74) is 0. The SMILES string of the molecule is CC(C)n1ccnc1[C@H]1CCCN(C(=O)CCn2cc(Cl)cn2)C1. The fourth-order valence-electron chi connectivity index (χ4n) is 3.32. The molecule has 0 aliphatic carbocycles. The van der Waals surface area contributed by atoms with Crippen LogP contribution in [0.2, 0.25) is 5.02 Å². The molecule has 0 radical (unpaired) electrons. The first-order valence-corrected chi connectivity index (χ1v) is 8.91. The number of piperidine rings is 1. The Hall–Kier alpha value is -1.82. The molecule has 2 aromatic rings. The third kappa shape index (κ3) is 3.80. The maximum atomic E-state index is 12.5. The Labute approximate surface area is 147 Å². The van der Waals surface area contributed by atoms with E-state index in [2.05, 4.69) is 28.5 Å². The molecule has 0 unspecified atom stereocenters. The zero-order valence-corrected chi connectivity index (χ0v) is 15.0. The molecule has 3 rings (SSSR count). The predicted octanol–water partition coefficient (Wildman–Crippen LogP) is 3.11.